The van der Waals surface area contributed by atoms with E-state index in [-0.39, 0.29) is 30.9 Å². The third kappa shape index (κ3) is 3.21. The van der Waals surface area contributed by atoms with Crippen LogP contribution >= 0.6 is 0 Å². The Labute approximate surface area is 164 Å². The Bertz CT molecular complexity index is 932. The normalized spacial score (nSPS) is 23.6. The fraction of sp³-hybridized carbons (Fsp3) is 0.348. The van der Waals surface area contributed by atoms with Gasteiger partial charge in [-0.1, -0.05) is 30.3 Å². The van der Waals surface area contributed by atoms with Crippen molar-refractivity contribution in [1.29, 1.82) is 5.26 Å². The molecule has 5 heteroatoms. The minimum atomic E-state index is -0.561. The van der Waals surface area contributed by atoms with Crippen molar-refractivity contribution < 1.29 is 9.90 Å². The highest BCUT2D eigenvalue weighted by atomic mass is 16.3. The van der Waals surface area contributed by atoms with Crippen LogP contribution in [0.1, 0.15) is 41.9 Å². The zero-order chi connectivity index (χ0) is 19.5. The Hall–Kier alpha value is -2.97. The Morgan fingerprint density at radius 2 is 2.04 bits per heavy atom. The number of hydrogen-bond acceptors (Lipinski definition) is 4. The van der Waals surface area contributed by atoms with Crippen LogP contribution in [-0.2, 0) is 11.2 Å². The number of aliphatic hydroxyl groups is 1. The van der Waals surface area contributed by atoms with Crippen LogP contribution in [0.5, 0.6) is 0 Å². The molecular formula is C23H23N3O2. The monoisotopic (exact) mass is 373 g/mol. The van der Waals surface area contributed by atoms with Crippen molar-refractivity contribution in [2.45, 2.75) is 43.7 Å². The van der Waals surface area contributed by atoms with Crippen molar-refractivity contribution in [1.82, 2.24) is 9.88 Å². The van der Waals surface area contributed by atoms with Gasteiger partial charge in [0, 0.05) is 18.3 Å². The average molecular weight is 373 g/mol. The Kier molecular flexibility index (Phi) is 5.23. The number of allylic oxidation sites excluding steroid dienone is 2. The highest BCUT2D eigenvalue weighted by Crippen LogP contribution is 2.44. The van der Waals surface area contributed by atoms with Gasteiger partial charge in [0.1, 0.15) is 6.04 Å². The third-order valence-corrected chi connectivity index (χ3v) is 5.83. The predicted octanol–water partition coefficient (Wildman–Crippen LogP) is 3.07. The van der Waals surface area contributed by atoms with Gasteiger partial charge >= 0.3 is 0 Å². The minimum Gasteiger partial charge on any atom is -0.394 e. The van der Waals surface area contributed by atoms with Crippen LogP contribution in [0.15, 0.2) is 54.9 Å². The average Bonchev–Trinajstić information content (AvgIpc) is 3.24. The molecule has 2 heterocycles. The lowest BCUT2D eigenvalue weighted by Gasteiger charge is -2.52. The van der Waals surface area contributed by atoms with Crippen molar-refractivity contribution in [2.24, 2.45) is 0 Å². The smallest absolute Gasteiger partial charge is 0.228 e. The van der Waals surface area contributed by atoms with E-state index < -0.39 is 6.04 Å². The van der Waals surface area contributed by atoms with E-state index in [4.69, 9.17) is 0 Å². The lowest BCUT2D eigenvalue weighted by molar-refractivity contribution is -0.146. The van der Waals surface area contributed by atoms with E-state index in [1.165, 1.54) is 5.57 Å². The molecule has 0 unspecified atom stereocenters. The van der Waals surface area contributed by atoms with Gasteiger partial charge in [-0.05, 0) is 53.7 Å². The molecule has 1 saturated heterocycles. The number of hydrogen-bond donors (Lipinski definition) is 1. The topological polar surface area (TPSA) is 77.2 Å². The highest BCUT2D eigenvalue weighted by Gasteiger charge is 2.52. The number of amides is 1. The molecule has 0 radical (unpaired) electrons. The number of nitriles is 1. The first kappa shape index (κ1) is 18.4. The van der Waals surface area contributed by atoms with Crippen LogP contribution in [0.2, 0.25) is 0 Å². The maximum Gasteiger partial charge on any atom is 0.228 e. The van der Waals surface area contributed by atoms with Gasteiger partial charge in [0.05, 0.1) is 25.1 Å². The number of likely N-dealkylation sites (tertiary alicyclic amines) is 1. The first-order valence-electron chi connectivity index (χ1n) is 9.73. The molecule has 4 rings (SSSR count). The molecular weight excluding hydrogens is 350 g/mol. The number of aromatic nitrogens is 1. The molecule has 1 amide bonds. The van der Waals surface area contributed by atoms with Gasteiger partial charge in [-0.3, -0.25) is 9.78 Å². The molecule has 3 atom stereocenters. The first-order chi connectivity index (χ1) is 13.7. The van der Waals surface area contributed by atoms with E-state index in [2.05, 4.69) is 23.2 Å². The number of nitrogens with zero attached hydrogens (tertiary/aromatic N) is 3. The third-order valence-electron chi connectivity index (χ3n) is 5.83. The van der Waals surface area contributed by atoms with Crippen LogP contribution < -0.4 is 0 Å². The summed E-state index contributed by atoms with van der Waals surface area (Å²) in [7, 11) is 0. The highest BCUT2D eigenvalue weighted by molar-refractivity contribution is 5.82. The Morgan fingerprint density at radius 1 is 1.25 bits per heavy atom. The van der Waals surface area contributed by atoms with Crippen molar-refractivity contribution in [3.05, 3.63) is 71.6 Å². The molecule has 28 heavy (non-hydrogen) atoms. The Morgan fingerprint density at radius 3 is 2.71 bits per heavy atom. The number of pyridine rings is 1. The molecule has 142 valence electrons. The number of benzene rings is 1. The second-order valence-electron chi connectivity index (χ2n) is 7.39. The lowest BCUT2D eigenvalue weighted by atomic mass is 9.73. The van der Waals surface area contributed by atoms with Crippen LogP contribution in [0.25, 0.3) is 5.57 Å². The SMILES string of the molecule is N#C[C@H]1[C@@H](c2ccccc2C2=CCCC2)[C@@H](CO)N1C(=O)Cc1ccncc1. The maximum absolute atomic E-state index is 12.9. The van der Waals surface area contributed by atoms with Gasteiger partial charge in [0.2, 0.25) is 5.91 Å². The van der Waals surface area contributed by atoms with Crippen LogP contribution in [-0.4, -0.2) is 39.6 Å². The van der Waals surface area contributed by atoms with E-state index in [1.807, 2.05) is 18.2 Å². The summed E-state index contributed by atoms with van der Waals surface area (Å²) in [5.74, 6) is -0.306. The van der Waals surface area contributed by atoms with E-state index >= 15 is 0 Å². The van der Waals surface area contributed by atoms with Gasteiger partial charge in [-0.25, -0.2) is 0 Å². The summed E-state index contributed by atoms with van der Waals surface area (Å²) in [6.07, 6.45) is 9.04. The summed E-state index contributed by atoms with van der Waals surface area (Å²) in [6.45, 7) is -0.154. The molecule has 1 N–H and O–H groups in total. The standard InChI is InChI=1S/C23H23N3O2/c24-14-20-23(19-8-4-3-7-18(19)17-5-1-2-6-17)21(15-27)26(20)22(28)13-16-9-11-25-12-10-16/h3-5,7-12,20-21,23,27H,1-2,6,13,15H2/t20-,21+,23+/m0/s1. The second-order valence-corrected chi connectivity index (χ2v) is 7.39. The fourth-order valence-electron chi connectivity index (χ4n) is 4.48. The molecule has 1 fully saturated rings. The van der Waals surface area contributed by atoms with Crippen LogP contribution in [0.3, 0.4) is 0 Å². The zero-order valence-corrected chi connectivity index (χ0v) is 15.7. The van der Waals surface area contributed by atoms with Crippen molar-refractivity contribution in [3.8, 4) is 6.07 Å². The summed E-state index contributed by atoms with van der Waals surface area (Å²) >= 11 is 0. The van der Waals surface area contributed by atoms with Gasteiger partial charge < -0.3 is 10.0 Å². The minimum absolute atomic E-state index is 0.134. The first-order valence-corrected chi connectivity index (χ1v) is 9.73. The molecule has 2 aromatic rings. The Balaban J connectivity index is 1.62. The van der Waals surface area contributed by atoms with Crippen LogP contribution in [0, 0.1) is 11.3 Å². The van der Waals surface area contributed by atoms with E-state index in [1.54, 1.807) is 29.4 Å². The summed E-state index contributed by atoms with van der Waals surface area (Å²) in [6, 6.07) is 13.1. The molecule has 1 aliphatic carbocycles. The molecule has 0 saturated carbocycles. The summed E-state index contributed by atoms with van der Waals surface area (Å²) in [4.78, 5) is 18.4. The molecule has 1 aromatic carbocycles. The maximum atomic E-state index is 12.9. The number of aliphatic hydroxyl groups excluding tert-OH is 1. The van der Waals surface area contributed by atoms with E-state index in [0.717, 1.165) is 36.0 Å². The summed E-state index contributed by atoms with van der Waals surface area (Å²) < 4.78 is 0. The van der Waals surface area contributed by atoms with Gasteiger partial charge in [-0.2, -0.15) is 5.26 Å². The number of rotatable bonds is 5. The number of carbonyl (C=O) groups is 1. The zero-order valence-electron chi connectivity index (χ0n) is 15.7. The van der Waals surface area contributed by atoms with Gasteiger partial charge in [0.25, 0.3) is 0 Å². The van der Waals surface area contributed by atoms with Crippen molar-refractivity contribution in [2.75, 3.05) is 6.61 Å². The quantitative estimate of drug-likeness (QED) is 0.874. The molecule has 0 spiro atoms. The summed E-state index contributed by atoms with van der Waals surface area (Å²) in [5, 5.41) is 19.9. The fourth-order valence-corrected chi connectivity index (χ4v) is 4.48. The van der Waals surface area contributed by atoms with Crippen molar-refractivity contribution in [3.63, 3.8) is 0 Å². The summed E-state index contributed by atoms with van der Waals surface area (Å²) in [5.41, 5.74) is 4.39. The lowest BCUT2D eigenvalue weighted by Crippen LogP contribution is -2.65. The molecule has 2 aliphatic rings. The van der Waals surface area contributed by atoms with Crippen LogP contribution in [0.4, 0.5) is 0 Å². The largest absolute Gasteiger partial charge is 0.394 e. The molecule has 1 aromatic heterocycles. The number of carbonyl (C=O) groups excluding carboxylic acids is 1. The predicted molar refractivity (Wildman–Crippen MR) is 106 cm³/mol. The van der Waals surface area contributed by atoms with E-state index in [9.17, 15) is 15.2 Å². The van der Waals surface area contributed by atoms with E-state index in [0.29, 0.717) is 0 Å². The van der Waals surface area contributed by atoms with Crippen molar-refractivity contribution >= 4 is 11.5 Å². The van der Waals surface area contributed by atoms with Gasteiger partial charge in [-0.15, -0.1) is 0 Å². The van der Waals surface area contributed by atoms with Gasteiger partial charge in [0.15, 0.2) is 0 Å². The molecule has 5 nitrogen and oxygen atoms in total. The second kappa shape index (κ2) is 7.95. The molecule has 1 aliphatic heterocycles. The molecule has 0 bridgehead atoms.